The van der Waals surface area contributed by atoms with Crippen LogP contribution in [0, 0.1) is 0 Å². The molecule has 294 valence electrons. The lowest BCUT2D eigenvalue weighted by atomic mass is 9.70. The molecule has 1 atom stereocenters. The minimum absolute atomic E-state index is 0.612. The van der Waals surface area contributed by atoms with Crippen molar-refractivity contribution in [1.29, 1.82) is 0 Å². The zero-order valence-corrected chi connectivity index (χ0v) is 34.4. The fourth-order valence-corrected chi connectivity index (χ4v) is 10.7. The highest BCUT2D eigenvalue weighted by Crippen LogP contribution is 2.65. The normalized spacial score (nSPS) is 14.4. The molecule has 2 aliphatic carbocycles. The monoisotopic (exact) mass is 801 g/mol. The molecule has 0 N–H and O–H groups in total. The van der Waals surface area contributed by atoms with Crippen molar-refractivity contribution in [2.75, 3.05) is 4.90 Å². The third-order valence-corrected chi connectivity index (χ3v) is 13.5. The van der Waals surface area contributed by atoms with Crippen LogP contribution in [0.2, 0.25) is 0 Å². The molecule has 0 fully saturated rings. The molecule has 2 nitrogen and oxygen atoms in total. The molecule has 11 aromatic rings. The first-order valence-electron chi connectivity index (χ1n) is 21.7. The first kappa shape index (κ1) is 35.5. The van der Waals surface area contributed by atoms with Crippen molar-refractivity contribution in [3.05, 3.63) is 259 Å². The standard InChI is InChI=1S/C61H39NO/c1-4-15-40(16-5-1)43-27-30-46(31-28-43)62(47-22-14-21-44(37-47)41-17-6-2-7-18-41)48-32-34-50-49-33-29-45(42-19-8-3-9-20-42)38-56(49)61(57(50)39-48)54-25-12-10-24-53(54)59-55(61)36-35-52-51-23-11-13-26-58(51)63-60(52)59/h1-39H. The number of hydrogen-bond acceptors (Lipinski definition) is 2. The van der Waals surface area contributed by atoms with Gasteiger partial charge in [-0.05, 0) is 121 Å². The maximum absolute atomic E-state index is 6.88. The predicted molar refractivity (Wildman–Crippen MR) is 261 cm³/mol. The molecular formula is C61H39NO. The van der Waals surface area contributed by atoms with Crippen LogP contribution in [0.5, 0.6) is 0 Å². The number of fused-ring (bicyclic) bond motifs is 14. The second-order valence-electron chi connectivity index (χ2n) is 16.8. The summed E-state index contributed by atoms with van der Waals surface area (Å²) in [6, 6.07) is 86.5. The second-order valence-corrected chi connectivity index (χ2v) is 16.8. The highest BCUT2D eigenvalue weighted by atomic mass is 16.3. The summed E-state index contributed by atoms with van der Waals surface area (Å²) in [4.78, 5) is 2.43. The van der Waals surface area contributed by atoms with Crippen LogP contribution >= 0.6 is 0 Å². The van der Waals surface area contributed by atoms with E-state index in [0.717, 1.165) is 39.0 Å². The minimum atomic E-state index is -0.612. The molecule has 13 rings (SSSR count). The average molecular weight is 802 g/mol. The van der Waals surface area contributed by atoms with Crippen LogP contribution in [0.15, 0.2) is 241 Å². The van der Waals surface area contributed by atoms with Crippen molar-refractivity contribution in [1.82, 2.24) is 0 Å². The fraction of sp³-hybridized carbons (Fsp3) is 0.0164. The Labute approximate surface area is 366 Å². The van der Waals surface area contributed by atoms with Gasteiger partial charge in [-0.15, -0.1) is 0 Å². The summed E-state index contributed by atoms with van der Waals surface area (Å²) in [5, 5.41) is 2.28. The molecule has 1 heterocycles. The average Bonchev–Trinajstić information content (AvgIpc) is 3.99. The number of furan rings is 1. The highest BCUT2D eigenvalue weighted by Gasteiger charge is 2.53. The van der Waals surface area contributed by atoms with E-state index >= 15 is 0 Å². The van der Waals surface area contributed by atoms with E-state index in [1.54, 1.807) is 0 Å². The molecule has 63 heavy (non-hydrogen) atoms. The lowest BCUT2D eigenvalue weighted by Gasteiger charge is -2.32. The molecule has 10 aromatic carbocycles. The van der Waals surface area contributed by atoms with E-state index in [4.69, 9.17) is 4.42 Å². The largest absolute Gasteiger partial charge is 0.455 e. The molecule has 1 aromatic heterocycles. The highest BCUT2D eigenvalue weighted by molar-refractivity contribution is 6.13. The molecule has 0 saturated carbocycles. The van der Waals surface area contributed by atoms with Crippen LogP contribution in [0.4, 0.5) is 17.1 Å². The maximum atomic E-state index is 6.88. The van der Waals surface area contributed by atoms with Crippen LogP contribution in [0.1, 0.15) is 22.3 Å². The smallest absolute Gasteiger partial charge is 0.143 e. The quantitative estimate of drug-likeness (QED) is 0.167. The summed E-state index contributed by atoms with van der Waals surface area (Å²) in [6.45, 7) is 0. The van der Waals surface area contributed by atoms with Gasteiger partial charge in [-0.3, -0.25) is 0 Å². The minimum Gasteiger partial charge on any atom is -0.455 e. The molecule has 0 amide bonds. The number of anilines is 3. The molecular weight excluding hydrogens is 763 g/mol. The van der Waals surface area contributed by atoms with E-state index in [9.17, 15) is 0 Å². The van der Waals surface area contributed by atoms with Crippen molar-refractivity contribution in [3.8, 4) is 55.6 Å². The Kier molecular flexibility index (Phi) is 7.85. The SMILES string of the molecule is c1ccc(-c2ccc(N(c3cccc(-c4ccccc4)c3)c3ccc4c(c3)C3(c5cc(-c6ccccc6)ccc5-4)c4ccccc4-c4c3ccc3c4oc4ccccc43)cc2)cc1. The zero-order valence-electron chi connectivity index (χ0n) is 34.4. The summed E-state index contributed by atoms with van der Waals surface area (Å²) in [6.07, 6.45) is 0. The van der Waals surface area contributed by atoms with Gasteiger partial charge in [0.1, 0.15) is 11.2 Å². The van der Waals surface area contributed by atoms with Crippen LogP contribution in [0.3, 0.4) is 0 Å². The van der Waals surface area contributed by atoms with Gasteiger partial charge in [0.2, 0.25) is 0 Å². The van der Waals surface area contributed by atoms with Gasteiger partial charge in [0.15, 0.2) is 0 Å². The first-order valence-corrected chi connectivity index (χ1v) is 21.7. The third-order valence-electron chi connectivity index (χ3n) is 13.5. The van der Waals surface area contributed by atoms with Gasteiger partial charge in [-0.2, -0.15) is 0 Å². The Morgan fingerprint density at radius 3 is 1.59 bits per heavy atom. The molecule has 0 radical (unpaired) electrons. The topological polar surface area (TPSA) is 16.4 Å². The summed E-state index contributed by atoms with van der Waals surface area (Å²) in [5.41, 5.74) is 21.7. The fourth-order valence-electron chi connectivity index (χ4n) is 10.7. The Bertz CT molecular complexity index is 3550. The van der Waals surface area contributed by atoms with Crippen LogP contribution in [-0.4, -0.2) is 0 Å². The lowest BCUT2D eigenvalue weighted by molar-refractivity contribution is 0.669. The van der Waals surface area contributed by atoms with E-state index < -0.39 is 5.41 Å². The Morgan fingerprint density at radius 1 is 0.302 bits per heavy atom. The molecule has 0 saturated heterocycles. The van der Waals surface area contributed by atoms with E-state index in [1.165, 1.54) is 77.9 Å². The molecule has 0 aliphatic heterocycles. The van der Waals surface area contributed by atoms with E-state index in [0.29, 0.717) is 0 Å². The third kappa shape index (κ3) is 5.32. The summed E-state index contributed by atoms with van der Waals surface area (Å²) in [7, 11) is 0. The van der Waals surface area contributed by atoms with Gasteiger partial charge in [0, 0.05) is 33.4 Å². The predicted octanol–water partition coefficient (Wildman–Crippen LogP) is 16.4. The van der Waals surface area contributed by atoms with Crippen molar-refractivity contribution in [2.45, 2.75) is 5.41 Å². The van der Waals surface area contributed by atoms with E-state index in [-0.39, 0.29) is 0 Å². The molecule has 2 aliphatic rings. The van der Waals surface area contributed by atoms with Crippen molar-refractivity contribution < 1.29 is 4.42 Å². The molecule has 2 heteroatoms. The van der Waals surface area contributed by atoms with Crippen LogP contribution in [0.25, 0.3) is 77.6 Å². The van der Waals surface area contributed by atoms with Crippen molar-refractivity contribution >= 4 is 39.0 Å². The van der Waals surface area contributed by atoms with Gasteiger partial charge in [0.25, 0.3) is 0 Å². The number of para-hydroxylation sites is 1. The van der Waals surface area contributed by atoms with Crippen LogP contribution < -0.4 is 4.90 Å². The Balaban J connectivity index is 1.08. The van der Waals surface area contributed by atoms with Gasteiger partial charge < -0.3 is 9.32 Å². The first-order chi connectivity index (χ1) is 31.2. The van der Waals surface area contributed by atoms with Crippen LogP contribution in [-0.2, 0) is 5.41 Å². The Morgan fingerprint density at radius 2 is 0.841 bits per heavy atom. The van der Waals surface area contributed by atoms with E-state index in [2.05, 4.69) is 241 Å². The molecule has 0 bridgehead atoms. The van der Waals surface area contributed by atoms with Crippen molar-refractivity contribution in [3.63, 3.8) is 0 Å². The summed E-state index contributed by atoms with van der Waals surface area (Å²) < 4.78 is 6.88. The van der Waals surface area contributed by atoms with Gasteiger partial charge >= 0.3 is 0 Å². The number of hydrogen-bond donors (Lipinski definition) is 0. The maximum Gasteiger partial charge on any atom is 0.143 e. The number of benzene rings is 10. The number of nitrogens with zero attached hydrogens (tertiary/aromatic N) is 1. The van der Waals surface area contributed by atoms with Crippen molar-refractivity contribution in [2.24, 2.45) is 0 Å². The van der Waals surface area contributed by atoms with Gasteiger partial charge in [-0.1, -0.05) is 188 Å². The Hall–Kier alpha value is -8.20. The lowest BCUT2D eigenvalue weighted by Crippen LogP contribution is -2.26. The van der Waals surface area contributed by atoms with E-state index in [1.807, 2.05) is 0 Å². The zero-order chi connectivity index (χ0) is 41.5. The summed E-state index contributed by atoms with van der Waals surface area (Å²) in [5.74, 6) is 0. The molecule has 1 unspecified atom stereocenters. The summed E-state index contributed by atoms with van der Waals surface area (Å²) >= 11 is 0. The van der Waals surface area contributed by atoms with Gasteiger partial charge in [-0.25, -0.2) is 0 Å². The van der Waals surface area contributed by atoms with Gasteiger partial charge in [0.05, 0.1) is 5.41 Å². The number of rotatable bonds is 6. The molecule has 1 spiro atoms. The second kappa shape index (κ2) is 13.9.